The molecule has 0 aromatic heterocycles. The van der Waals surface area contributed by atoms with Crippen molar-refractivity contribution in [3.05, 3.63) is 67.3 Å². The Bertz CT molecular complexity index is 548. The molecule has 0 saturated heterocycles. The van der Waals surface area contributed by atoms with Crippen LogP contribution in [-0.4, -0.2) is 11.1 Å². The Hall–Kier alpha value is -0.930. The van der Waals surface area contributed by atoms with E-state index in [0.29, 0.717) is 0 Å². The van der Waals surface area contributed by atoms with Gasteiger partial charge in [0.25, 0.3) is 0 Å². The topological polar surface area (TPSA) is 6.48 Å². The minimum atomic E-state index is -0.0143. The van der Waals surface area contributed by atoms with Gasteiger partial charge in [0.1, 0.15) is 0 Å². The molecule has 0 amide bonds. The Kier molecular flexibility index (Phi) is 8.56. The average molecular weight is 542 g/mol. The zero-order chi connectivity index (χ0) is 19.1. The van der Waals surface area contributed by atoms with Gasteiger partial charge in [-0.3, -0.25) is 0 Å². The van der Waals surface area contributed by atoms with Crippen molar-refractivity contribution in [2.45, 2.75) is 52.6 Å². The predicted molar refractivity (Wildman–Crippen MR) is 108 cm³/mol. The van der Waals surface area contributed by atoms with Crippen molar-refractivity contribution in [3.8, 4) is 0 Å². The van der Waals surface area contributed by atoms with Crippen LogP contribution < -0.4 is 9.80 Å². The van der Waals surface area contributed by atoms with Crippen LogP contribution in [0, 0.1) is 6.67 Å². The fraction of sp³-hybridized carbons (Fsp3) is 0.381. The summed E-state index contributed by atoms with van der Waals surface area (Å²) >= 11 is 1.75. The Morgan fingerprint density at radius 1 is 0.640 bits per heavy atom. The maximum absolute atomic E-state index is 4.58. The number of rotatable bonds is 4. The quantitative estimate of drug-likeness (QED) is 0.326. The minimum absolute atomic E-state index is 0.0143. The van der Waals surface area contributed by atoms with Crippen molar-refractivity contribution in [1.29, 1.82) is 0 Å². The summed E-state index contributed by atoms with van der Waals surface area (Å²) in [5.41, 5.74) is 2.37. The Morgan fingerprint density at radius 2 is 0.920 bits per heavy atom. The van der Waals surface area contributed by atoms with Crippen LogP contribution in [-0.2, 0) is 20.0 Å². The number of benzene rings is 2. The molecule has 0 aliphatic rings. The monoisotopic (exact) mass is 541 g/mol. The van der Waals surface area contributed by atoms with E-state index >= 15 is 0 Å². The summed E-state index contributed by atoms with van der Waals surface area (Å²) < 4.78 is 0. The van der Waals surface area contributed by atoms with Gasteiger partial charge in [0.05, 0.1) is 0 Å². The summed E-state index contributed by atoms with van der Waals surface area (Å²) in [4.78, 5) is 4.68. The zero-order valence-electron chi connectivity index (χ0n) is 15.9. The molecule has 0 spiro atoms. The SMILES string of the molecule is CC(C)(C)N([CH-]N(c1ccccc1)C(C)(C)C)c1ccccc1.[Cl][Au]. The van der Waals surface area contributed by atoms with Crippen LogP contribution in [0.3, 0.4) is 0 Å². The van der Waals surface area contributed by atoms with Gasteiger partial charge in [0.2, 0.25) is 0 Å². The molecule has 142 valence electrons. The van der Waals surface area contributed by atoms with Crippen LogP contribution in [0.25, 0.3) is 0 Å². The third-order valence-corrected chi connectivity index (χ3v) is 3.75. The van der Waals surface area contributed by atoms with E-state index in [9.17, 15) is 0 Å². The van der Waals surface area contributed by atoms with Gasteiger partial charge < -0.3 is 9.80 Å². The number of anilines is 2. The molecule has 25 heavy (non-hydrogen) atoms. The molecule has 2 nitrogen and oxygen atoms in total. The third kappa shape index (κ3) is 6.71. The zero-order valence-corrected chi connectivity index (χ0v) is 18.8. The van der Waals surface area contributed by atoms with Crippen LogP contribution in [0.4, 0.5) is 11.4 Å². The van der Waals surface area contributed by atoms with Gasteiger partial charge in [0.15, 0.2) is 0 Å². The molecule has 4 heteroatoms. The molecular formula is C21H29AuClN2-. The van der Waals surface area contributed by atoms with E-state index in [2.05, 4.69) is 128 Å². The summed E-state index contributed by atoms with van der Waals surface area (Å²) in [5, 5.41) is 0. The first kappa shape index (κ1) is 22.1. The second-order valence-electron chi connectivity index (χ2n) is 7.87. The molecular weight excluding hydrogens is 513 g/mol. The second-order valence-corrected chi connectivity index (χ2v) is 7.87. The van der Waals surface area contributed by atoms with Gasteiger partial charge in [-0.15, -0.1) is 0 Å². The van der Waals surface area contributed by atoms with Crippen molar-refractivity contribution in [2.24, 2.45) is 0 Å². The molecule has 0 heterocycles. The summed E-state index contributed by atoms with van der Waals surface area (Å²) in [7, 11) is 4.58. The molecule has 2 rings (SSSR count). The van der Waals surface area contributed by atoms with E-state index in [4.69, 9.17) is 0 Å². The van der Waals surface area contributed by atoms with E-state index < -0.39 is 0 Å². The van der Waals surface area contributed by atoms with Gasteiger partial charge in [-0.1, -0.05) is 36.4 Å². The van der Waals surface area contributed by atoms with Gasteiger partial charge >= 0.3 is 29.2 Å². The van der Waals surface area contributed by atoms with Crippen LogP contribution in [0.2, 0.25) is 0 Å². The summed E-state index contributed by atoms with van der Waals surface area (Å²) in [5.74, 6) is 0. The molecule has 2 aromatic carbocycles. The fourth-order valence-corrected chi connectivity index (χ4v) is 2.55. The third-order valence-electron chi connectivity index (χ3n) is 3.75. The molecule has 0 saturated carbocycles. The van der Waals surface area contributed by atoms with Crippen molar-refractivity contribution >= 4 is 20.6 Å². The number of para-hydroxylation sites is 2. The van der Waals surface area contributed by atoms with E-state index in [1.807, 2.05) is 0 Å². The molecule has 0 atom stereocenters. The molecule has 0 radical (unpaired) electrons. The van der Waals surface area contributed by atoms with Crippen LogP contribution in [0.5, 0.6) is 0 Å². The van der Waals surface area contributed by atoms with Crippen LogP contribution in [0.15, 0.2) is 60.7 Å². The molecule has 0 fully saturated rings. The molecule has 0 unspecified atom stereocenters. The molecule has 0 aliphatic carbocycles. The molecule has 0 aliphatic heterocycles. The van der Waals surface area contributed by atoms with Gasteiger partial charge in [-0.25, -0.2) is 0 Å². The second kappa shape index (κ2) is 9.68. The van der Waals surface area contributed by atoms with Crippen molar-refractivity contribution in [3.63, 3.8) is 0 Å². The normalized spacial score (nSPS) is 11.4. The van der Waals surface area contributed by atoms with E-state index in [0.717, 1.165) is 0 Å². The van der Waals surface area contributed by atoms with Crippen molar-refractivity contribution in [1.82, 2.24) is 0 Å². The standard InChI is InChI=1S/C21H29N2.Au.ClH/c1-20(2,3)22(18-13-9-7-10-14-18)17-23(21(4,5)6)19-15-11-8-12-16-19;;/h7-17H,1-6H3;;1H/q-1;+1;/p-1. The molecule has 0 bridgehead atoms. The first-order valence-corrected chi connectivity index (χ1v) is 11.0. The van der Waals surface area contributed by atoms with Gasteiger partial charge in [0, 0.05) is 22.5 Å². The summed E-state index contributed by atoms with van der Waals surface area (Å²) in [6.45, 7) is 15.7. The van der Waals surface area contributed by atoms with Crippen molar-refractivity contribution in [2.75, 3.05) is 9.80 Å². The van der Waals surface area contributed by atoms with Crippen molar-refractivity contribution < 1.29 is 20.0 Å². The first-order chi connectivity index (χ1) is 11.7. The number of hydrogen-bond acceptors (Lipinski definition) is 2. The van der Waals surface area contributed by atoms with Crippen LogP contribution >= 0.6 is 9.19 Å². The fourth-order valence-electron chi connectivity index (χ4n) is 2.55. The Morgan fingerprint density at radius 3 is 1.16 bits per heavy atom. The first-order valence-electron chi connectivity index (χ1n) is 8.35. The average Bonchev–Trinajstić information content (AvgIpc) is 2.56. The number of halogens is 1. The number of nitrogens with zero attached hydrogens (tertiary/aromatic N) is 2. The van der Waals surface area contributed by atoms with E-state index in [1.165, 1.54) is 11.4 Å². The predicted octanol–water partition coefficient (Wildman–Crippen LogP) is 6.40. The number of hydrogen-bond donors (Lipinski definition) is 0. The Balaban J connectivity index is 0.00000151. The van der Waals surface area contributed by atoms with E-state index in [-0.39, 0.29) is 11.1 Å². The van der Waals surface area contributed by atoms with E-state index in [1.54, 1.807) is 20.0 Å². The molecule has 0 N–H and O–H groups in total. The van der Waals surface area contributed by atoms with Crippen LogP contribution in [0.1, 0.15) is 41.5 Å². The van der Waals surface area contributed by atoms with Gasteiger partial charge in [-0.2, -0.15) is 6.67 Å². The summed E-state index contributed by atoms with van der Waals surface area (Å²) in [6.07, 6.45) is 0. The van der Waals surface area contributed by atoms with Gasteiger partial charge in [-0.05, 0) is 65.8 Å². The summed E-state index contributed by atoms with van der Waals surface area (Å²) in [6, 6.07) is 21.1. The maximum atomic E-state index is 4.58. The molecule has 2 aromatic rings. The Labute approximate surface area is 169 Å².